The molecule has 0 bridgehead atoms. The molecule has 8 nitrogen and oxygen atoms in total. The van der Waals surface area contributed by atoms with Gasteiger partial charge < -0.3 is 15.7 Å². The minimum absolute atomic E-state index is 0.0617. The van der Waals surface area contributed by atoms with Gasteiger partial charge in [0.15, 0.2) is 0 Å². The van der Waals surface area contributed by atoms with Gasteiger partial charge >= 0.3 is 5.97 Å². The fourth-order valence-corrected chi connectivity index (χ4v) is 2.39. The van der Waals surface area contributed by atoms with Crippen molar-refractivity contribution in [1.82, 2.24) is 15.1 Å². The third-order valence-corrected chi connectivity index (χ3v) is 3.77. The average Bonchev–Trinajstić information content (AvgIpc) is 2.80. The van der Waals surface area contributed by atoms with Gasteiger partial charge in [0.05, 0.1) is 17.7 Å². The standard InChI is InChI=1S/C17H20N4O4/c1-10-15(11(2)21(3)20-10)17(25)19-13-6-4-12(5-7-13)16(24)18-9-8-14(22)23/h4-7H,8-9H2,1-3H3,(H,18,24)(H,19,25)(H,22,23). The number of carboxylic acids is 1. The summed E-state index contributed by atoms with van der Waals surface area (Å²) in [5.41, 5.74) is 2.88. The van der Waals surface area contributed by atoms with Gasteiger partial charge in [-0.2, -0.15) is 5.10 Å². The quantitative estimate of drug-likeness (QED) is 0.735. The summed E-state index contributed by atoms with van der Waals surface area (Å²) >= 11 is 0. The van der Waals surface area contributed by atoms with Crippen molar-refractivity contribution >= 4 is 23.5 Å². The third kappa shape index (κ3) is 4.43. The molecule has 0 saturated carbocycles. The van der Waals surface area contributed by atoms with E-state index in [4.69, 9.17) is 5.11 Å². The Balaban J connectivity index is 2.01. The number of rotatable bonds is 6. The van der Waals surface area contributed by atoms with E-state index in [1.54, 1.807) is 42.9 Å². The number of nitrogens with one attached hydrogen (secondary N) is 2. The maximum absolute atomic E-state index is 12.4. The molecule has 0 spiro atoms. The van der Waals surface area contributed by atoms with E-state index in [9.17, 15) is 14.4 Å². The topological polar surface area (TPSA) is 113 Å². The van der Waals surface area contributed by atoms with E-state index in [2.05, 4.69) is 15.7 Å². The minimum atomic E-state index is -0.973. The molecular formula is C17H20N4O4. The Bertz CT molecular complexity index is 809. The largest absolute Gasteiger partial charge is 0.481 e. The van der Waals surface area contributed by atoms with E-state index >= 15 is 0 Å². The van der Waals surface area contributed by atoms with Crippen molar-refractivity contribution in [3.8, 4) is 0 Å². The number of benzene rings is 1. The first-order valence-corrected chi connectivity index (χ1v) is 7.71. The number of aromatic nitrogens is 2. The van der Waals surface area contributed by atoms with Crippen LogP contribution in [0.4, 0.5) is 5.69 Å². The predicted octanol–water partition coefficient (Wildman–Crippen LogP) is 1.49. The SMILES string of the molecule is Cc1nn(C)c(C)c1C(=O)Nc1ccc(C(=O)NCCC(=O)O)cc1. The van der Waals surface area contributed by atoms with Crippen LogP contribution < -0.4 is 10.6 Å². The first kappa shape index (κ1) is 18.2. The molecule has 1 aromatic carbocycles. The Hall–Kier alpha value is -3.16. The molecule has 132 valence electrons. The van der Waals surface area contributed by atoms with Crippen molar-refractivity contribution < 1.29 is 19.5 Å². The van der Waals surface area contributed by atoms with Gasteiger partial charge in [0.1, 0.15) is 0 Å². The molecule has 1 aromatic heterocycles. The summed E-state index contributed by atoms with van der Waals surface area (Å²) in [5.74, 6) is -1.60. The number of aryl methyl sites for hydroxylation is 2. The first-order chi connectivity index (χ1) is 11.8. The molecule has 2 amide bonds. The highest BCUT2D eigenvalue weighted by Gasteiger charge is 2.17. The fourth-order valence-electron chi connectivity index (χ4n) is 2.39. The average molecular weight is 344 g/mol. The van der Waals surface area contributed by atoms with Crippen LogP contribution in [-0.4, -0.2) is 39.2 Å². The van der Waals surface area contributed by atoms with E-state index in [-0.39, 0.29) is 24.8 Å². The van der Waals surface area contributed by atoms with Crippen LogP contribution in [0.5, 0.6) is 0 Å². The van der Waals surface area contributed by atoms with Gasteiger partial charge in [0, 0.05) is 30.5 Å². The van der Waals surface area contributed by atoms with E-state index in [0.29, 0.717) is 22.5 Å². The van der Waals surface area contributed by atoms with Crippen molar-refractivity contribution in [2.24, 2.45) is 7.05 Å². The third-order valence-electron chi connectivity index (χ3n) is 3.77. The molecule has 1 heterocycles. The van der Waals surface area contributed by atoms with Crippen molar-refractivity contribution in [3.63, 3.8) is 0 Å². The van der Waals surface area contributed by atoms with E-state index in [1.165, 1.54) is 0 Å². The summed E-state index contributed by atoms with van der Waals surface area (Å²) in [5, 5.41) is 18.1. The van der Waals surface area contributed by atoms with Gasteiger partial charge in [-0.3, -0.25) is 19.1 Å². The van der Waals surface area contributed by atoms with Crippen molar-refractivity contribution in [1.29, 1.82) is 0 Å². The summed E-state index contributed by atoms with van der Waals surface area (Å²) in [6.45, 7) is 3.65. The number of hydrogen-bond donors (Lipinski definition) is 3. The van der Waals surface area contributed by atoms with E-state index < -0.39 is 5.97 Å². The van der Waals surface area contributed by atoms with Gasteiger partial charge in [-0.05, 0) is 38.1 Å². The van der Waals surface area contributed by atoms with Crippen LogP contribution in [0.15, 0.2) is 24.3 Å². The van der Waals surface area contributed by atoms with E-state index in [0.717, 1.165) is 5.69 Å². The molecule has 25 heavy (non-hydrogen) atoms. The van der Waals surface area contributed by atoms with E-state index in [1.807, 2.05) is 6.92 Å². The molecule has 0 radical (unpaired) electrons. The van der Waals surface area contributed by atoms with Crippen LogP contribution in [0.1, 0.15) is 38.5 Å². The highest BCUT2D eigenvalue weighted by atomic mass is 16.4. The van der Waals surface area contributed by atoms with Gasteiger partial charge in [-0.25, -0.2) is 0 Å². The molecule has 0 aliphatic heterocycles. The molecule has 2 rings (SSSR count). The number of carbonyl (C=O) groups is 3. The van der Waals surface area contributed by atoms with Gasteiger partial charge in [-0.15, -0.1) is 0 Å². The molecule has 8 heteroatoms. The number of anilines is 1. The second-order valence-corrected chi connectivity index (χ2v) is 5.60. The zero-order chi connectivity index (χ0) is 18.6. The van der Waals surface area contributed by atoms with Crippen LogP contribution >= 0.6 is 0 Å². The van der Waals surface area contributed by atoms with Gasteiger partial charge in [0.25, 0.3) is 11.8 Å². The Morgan fingerprint density at radius 2 is 1.76 bits per heavy atom. The Morgan fingerprint density at radius 3 is 2.28 bits per heavy atom. The number of amides is 2. The summed E-state index contributed by atoms with van der Waals surface area (Å²) in [6, 6.07) is 6.36. The Morgan fingerprint density at radius 1 is 1.12 bits per heavy atom. The highest BCUT2D eigenvalue weighted by molar-refractivity contribution is 6.06. The van der Waals surface area contributed by atoms with Gasteiger partial charge in [0.2, 0.25) is 0 Å². The molecular weight excluding hydrogens is 324 g/mol. The second-order valence-electron chi connectivity index (χ2n) is 5.60. The molecule has 0 atom stereocenters. The lowest BCUT2D eigenvalue weighted by Crippen LogP contribution is -2.25. The lowest BCUT2D eigenvalue weighted by Gasteiger charge is -2.07. The molecule has 3 N–H and O–H groups in total. The van der Waals surface area contributed by atoms with Crippen LogP contribution in [0.3, 0.4) is 0 Å². The molecule has 0 aliphatic carbocycles. The normalized spacial score (nSPS) is 10.4. The number of nitrogens with zero attached hydrogens (tertiary/aromatic N) is 2. The fraction of sp³-hybridized carbons (Fsp3) is 0.294. The number of carbonyl (C=O) groups excluding carboxylic acids is 2. The summed E-state index contributed by atoms with van der Waals surface area (Å²) in [4.78, 5) is 34.7. The Kier molecular flexibility index (Phi) is 5.53. The van der Waals surface area contributed by atoms with Crippen molar-refractivity contribution in [3.05, 3.63) is 46.8 Å². The first-order valence-electron chi connectivity index (χ1n) is 7.71. The molecule has 0 fully saturated rings. The summed E-state index contributed by atoms with van der Waals surface area (Å²) in [7, 11) is 1.77. The predicted molar refractivity (Wildman–Crippen MR) is 91.7 cm³/mol. The van der Waals surface area contributed by atoms with Crippen molar-refractivity contribution in [2.75, 3.05) is 11.9 Å². The molecule has 0 saturated heterocycles. The maximum atomic E-state index is 12.4. The molecule has 0 unspecified atom stereocenters. The van der Waals surface area contributed by atoms with Gasteiger partial charge in [-0.1, -0.05) is 0 Å². The number of carboxylic acid groups (broad SMARTS) is 1. The summed E-state index contributed by atoms with van der Waals surface area (Å²) in [6.07, 6.45) is -0.135. The monoisotopic (exact) mass is 344 g/mol. The zero-order valence-electron chi connectivity index (χ0n) is 14.3. The lowest BCUT2D eigenvalue weighted by molar-refractivity contribution is -0.136. The van der Waals surface area contributed by atoms with Crippen LogP contribution in [0.2, 0.25) is 0 Å². The number of hydrogen-bond acceptors (Lipinski definition) is 4. The van der Waals surface area contributed by atoms with Crippen molar-refractivity contribution in [2.45, 2.75) is 20.3 Å². The minimum Gasteiger partial charge on any atom is -0.481 e. The maximum Gasteiger partial charge on any atom is 0.305 e. The highest BCUT2D eigenvalue weighted by Crippen LogP contribution is 2.16. The van der Waals surface area contributed by atoms with Crippen LogP contribution in [0.25, 0.3) is 0 Å². The lowest BCUT2D eigenvalue weighted by atomic mass is 10.1. The second kappa shape index (κ2) is 7.61. The molecule has 0 aliphatic rings. The zero-order valence-corrected chi connectivity index (χ0v) is 14.3. The smallest absolute Gasteiger partial charge is 0.305 e. The Labute approximate surface area is 144 Å². The number of aliphatic carboxylic acids is 1. The molecule has 2 aromatic rings. The van der Waals surface area contributed by atoms with Crippen LogP contribution in [-0.2, 0) is 11.8 Å². The summed E-state index contributed by atoms with van der Waals surface area (Å²) < 4.78 is 1.65. The van der Waals surface area contributed by atoms with Crippen LogP contribution in [0, 0.1) is 13.8 Å².